The summed E-state index contributed by atoms with van der Waals surface area (Å²) in [6.07, 6.45) is 1.52. The molecular formula is C6H14O3SSi. The van der Waals surface area contributed by atoms with Crippen molar-refractivity contribution < 1.29 is 13.0 Å². The fourth-order valence-corrected chi connectivity index (χ4v) is 1.86. The topological polar surface area (TPSA) is 54.4 Å². The molecule has 0 aliphatic heterocycles. The zero-order chi connectivity index (χ0) is 9.12. The molecule has 1 N–H and O–H groups in total. The molecule has 5 heteroatoms. The van der Waals surface area contributed by atoms with Crippen LogP contribution in [0.25, 0.3) is 0 Å². The van der Waals surface area contributed by atoms with Crippen molar-refractivity contribution in [3.05, 3.63) is 11.8 Å². The van der Waals surface area contributed by atoms with E-state index >= 15 is 0 Å². The van der Waals surface area contributed by atoms with Crippen LogP contribution in [0.15, 0.2) is 11.8 Å². The van der Waals surface area contributed by atoms with Gasteiger partial charge in [0.15, 0.2) is 0 Å². The number of hydrogen-bond acceptors (Lipinski definition) is 2. The van der Waals surface area contributed by atoms with Crippen molar-refractivity contribution in [1.82, 2.24) is 0 Å². The van der Waals surface area contributed by atoms with Crippen molar-refractivity contribution in [3.8, 4) is 0 Å². The zero-order valence-electron chi connectivity index (χ0n) is 7.03. The fraction of sp³-hybridized carbons (Fsp3) is 0.667. The summed E-state index contributed by atoms with van der Waals surface area (Å²) in [5.41, 5.74) is 1.89. The Bertz CT molecular complexity index is 235. The average molecular weight is 194 g/mol. The highest BCUT2D eigenvalue weighted by molar-refractivity contribution is 7.85. The summed E-state index contributed by atoms with van der Waals surface area (Å²) >= 11 is 0. The maximum absolute atomic E-state index is 10.2. The highest BCUT2D eigenvalue weighted by Gasteiger charge is 2.07. The fourth-order valence-electron chi connectivity index (χ4n) is 0.523. The first-order valence-electron chi connectivity index (χ1n) is 3.33. The Morgan fingerprint density at radius 3 is 2.09 bits per heavy atom. The van der Waals surface area contributed by atoms with E-state index < -0.39 is 18.2 Å². The van der Waals surface area contributed by atoms with E-state index in [2.05, 4.69) is 19.6 Å². The molecule has 0 saturated heterocycles. The Balaban J connectivity index is 4.00. The van der Waals surface area contributed by atoms with Gasteiger partial charge in [0, 0.05) is 0 Å². The van der Waals surface area contributed by atoms with E-state index in [1.165, 1.54) is 6.08 Å². The third kappa shape index (κ3) is 9.87. The van der Waals surface area contributed by atoms with Crippen LogP contribution in [0.1, 0.15) is 0 Å². The van der Waals surface area contributed by atoms with E-state index in [4.69, 9.17) is 4.55 Å². The SMILES string of the molecule is C[Si](C)(C)C=CCS(=O)(=O)O. The molecule has 3 nitrogen and oxygen atoms in total. The average Bonchev–Trinajstić information content (AvgIpc) is 1.55. The molecule has 0 bridgehead atoms. The maximum atomic E-state index is 10.2. The summed E-state index contributed by atoms with van der Waals surface area (Å²) in [4.78, 5) is 0. The van der Waals surface area contributed by atoms with Crippen LogP contribution in [0.5, 0.6) is 0 Å². The maximum Gasteiger partial charge on any atom is 0.268 e. The Labute approximate surface area is 68.9 Å². The quantitative estimate of drug-likeness (QED) is 0.544. The lowest BCUT2D eigenvalue weighted by Crippen LogP contribution is -2.16. The lowest BCUT2D eigenvalue weighted by Gasteiger charge is -2.07. The van der Waals surface area contributed by atoms with Gasteiger partial charge in [-0.2, -0.15) is 8.42 Å². The third-order valence-corrected chi connectivity index (χ3v) is 2.77. The third-order valence-electron chi connectivity index (χ3n) is 0.925. The first-order chi connectivity index (χ1) is 4.71. The molecule has 0 atom stereocenters. The molecule has 66 valence electrons. The highest BCUT2D eigenvalue weighted by Crippen LogP contribution is 2.01. The van der Waals surface area contributed by atoms with E-state index in [1.54, 1.807) is 0 Å². The van der Waals surface area contributed by atoms with Crippen LogP contribution in [0, 0.1) is 0 Å². The van der Waals surface area contributed by atoms with Crippen LogP contribution < -0.4 is 0 Å². The van der Waals surface area contributed by atoms with Gasteiger partial charge in [0.25, 0.3) is 10.1 Å². The minimum absolute atomic E-state index is 0.267. The van der Waals surface area contributed by atoms with Crippen LogP contribution >= 0.6 is 0 Å². The Morgan fingerprint density at radius 1 is 1.36 bits per heavy atom. The van der Waals surface area contributed by atoms with Gasteiger partial charge in [0.2, 0.25) is 0 Å². The molecule has 0 fully saturated rings. The summed E-state index contributed by atoms with van der Waals surface area (Å²) in [5.74, 6) is -0.267. The largest absolute Gasteiger partial charge is 0.285 e. The lowest BCUT2D eigenvalue weighted by atomic mass is 10.8. The molecule has 0 spiro atoms. The minimum Gasteiger partial charge on any atom is -0.285 e. The zero-order valence-corrected chi connectivity index (χ0v) is 8.85. The van der Waals surface area contributed by atoms with Gasteiger partial charge in [0.05, 0.1) is 13.8 Å². The highest BCUT2D eigenvalue weighted by atomic mass is 32.2. The van der Waals surface area contributed by atoms with Crippen molar-refractivity contribution in [2.45, 2.75) is 19.6 Å². The van der Waals surface area contributed by atoms with Crippen LogP contribution in [0.3, 0.4) is 0 Å². The van der Waals surface area contributed by atoms with Crippen molar-refractivity contribution >= 4 is 18.2 Å². The molecule has 0 amide bonds. The van der Waals surface area contributed by atoms with Gasteiger partial charge in [-0.15, -0.1) is 0 Å². The Hall–Kier alpha value is -0.133. The summed E-state index contributed by atoms with van der Waals surface area (Å²) < 4.78 is 28.8. The molecule has 0 aromatic carbocycles. The minimum atomic E-state index is -3.81. The standard InChI is InChI=1S/C6H14O3SSi/c1-11(2,3)6-4-5-10(7,8)9/h4,6H,5H2,1-3H3,(H,7,8,9). The summed E-state index contributed by atoms with van der Waals surface area (Å²) in [7, 11) is -5.12. The molecule has 0 radical (unpaired) electrons. The number of rotatable bonds is 3. The van der Waals surface area contributed by atoms with Crippen LogP contribution in [-0.2, 0) is 10.1 Å². The van der Waals surface area contributed by atoms with E-state index in [0.29, 0.717) is 0 Å². The van der Waals surface area contributed by atoms with E-state index in [1.807, 2.05) is 5.70 Å². The van der Waals surface area contributed by atoms with Crippen LogP contribution in [-0.4, -0.2) is 26.8 Å². The molecule has 0 aromatic heterocycles. The van der Waals surface area contributed by atoms with Gasteiger partial charge in [0.1, 0.15) is 0 Å². The van der Waals surface area contributed by atoms with Gasteiger partial charge < -0.3 is 0 Å². The summed E-state index contributed by atoms with van der Waals surface area (Å²) in [6, 6.07) is 0. The summed E-state index contributed by atoms with van der Waals surface area (Å²) in [5, 5.41) is 0. The first-order valence-corrected chi connectivity index (χ1v) is 8.52. The molecule has 0 aliphatic rings. The summed E-state index contributed by atoms with van der Waals surface area (Å²) in [6.45, 7) is 6.27. The predicted octanol–water partition coefficient (Wildman–Crippen LogP) is 1.31. The van der Waals surface area contributed by atoms with E-state index in [9.17, 15) is 8.42 Å². The number of hydrogen-bond donors (Lipinski definition) is 1. The van der Waals surface area contributed by atoms with E-state index in [-0.39, 0.29) is 5.75 Å². The first kappa shape index (κ1) is 10.9. The molecule has 0 aliphatic carbocycles. The van der Waals surface area contributed by atoms with Gasteiger partial charge in [-0.25, -0.2) is 0 Å². The molecule has 0 unspecified atom stereocenters. The second kappa shape index (κ2) is 3.51. The van der Waals surface area contributed by atoms with Crippen molar-refractivity contribution in [2.24, 2.45) is 0 Å². The monoisotopic (exact) mass is 194 g/mol. The van der Waals surface area contributed by atoms with Crippen LogP contribution in [0.4, 0.5) is 0 Å². The smallest absolute Gasteiger partial charge is 0.268 e. The van der Waals surface area contributed by atoms with Gasteiger partial charge >= 0.3 is 0 Å². The Morgan fingerprint density at radius 2 is 1.82 bits per heavy atom. The molecule has 0 rings (SSSR count). The van der Waals surface area contributed by atoms with Gasteiger partial charge in [-0.05, 0) is 0 Å². The lowest BCUT2D eigenvalue weighted by molar-refractivity contribution is 0.487. The molecule has 0 heterocycles. The van der Waals surface area contributed by atoms with Crippen molar-refractivity contribution in [3.63, 3.8) is 0 Å². The van der Waals surface area contributed by atoms with Crippen molar-refractivity contribution in [2.75, 3.05) is 5.75 Å². The molecule has 0 saturated carbocycles. The molecule has 11 heavy (non-hydrogen) atoms. The second-order valence-corrected chi connectivity index (χ2v) is 10.1. The van der Waals surface area contributed by atoms with Gasteiger partial charge in [-0.1, -0.05) is 31.4 Å². The van der Waals surface area contributed by atoms with Gasteiger partial charge in [-0.3, -0.25) is 4.55 Å². The predicted molar refractivity (Wildman–Crippen MR) is 48.9 cm³/mol. The Kier molecular flexibility index (Phi) is 3.47. The molecule has 0 aromatic rings. The second-order valence-electron chi connectivity index (χ2n) is 3.52. The van der Waals surface area contributed by atoms with E-state index in [0.717, 1.165) is 0 Å². The normalized spacial score (nSPS) is 14.2. The van der Waals surface area contributed by atoms with Crippen LogP contribution in [0.2, 0.25) is 19.6 Å². The van der Waals surface area contributed by atoms with Crippen molar-refractivity contribution in [1.29, 1.82) is 0 Å². The molecular weight excluding hydrogens is 180 g/mol.